The van der Waals surface area contributed by atoms with Crippen LogP contribution in [0.25, 0.3) is 28.2 Å². The molecule has 6 rings (SSSR count). The number of aromatic nitrogens is 1. The number of rotatable bonds is 9. The molecule has 0 bridgehead atoms. The number of amides is 2. The summed E-state index contributed by atoms with van der Waals surface area (Å²) in [7, 11) is 0. The standard InChI is InChI=1S/C38H41N3O5/c1-24(2)22-31(38(45)39-28-16-12-25(13-17-28)14-19-34(42)43)40-37(44)27-15-18-29-32(23-27)41-20-21-46-33-11-7-6-10-30(33)36(41)35(29)26-8-4-3-5-9-26/h6-7,10-19,23-24,26,31H,3-5,8-9,20-22H2,1-2H3,(H,39,45)(H,40,44)(H,42,43)/b19-14+. The van der Waals surface area contributed by atoms with Gasteiger partial charge in [0.1, 0.15) is 18.4 Å². The van der Waals surface area contributed by atoms with Crippen molar-refractivity contribution >= 4 is 40.4 Å². The van der Waals surface area contributed by atoms with E-state index in [1.54, 1.807) is 24.3 Å². The minimum absolute atomic E-state index is 0.168. The lowest BCUT2D eigenvalue weighted by atomic mass is 9.81. The van der Waals surface area contributed by atoms with Gasteiger partial charge in [-0.15, -0.1) is 0 Å². The van der Waals surface area contributed by atoms with E-state index in [9.17, 15) is 14.4 Å². The lowest BCUT2D eigenvalue weighted by Crippen LogP contribution is -2.44. The van der Waals surface area contributed by atoms with Gasteiger partial charge in [-0.2, -0.15) is 0 Å². The van der Waals surface area contributed by atoms with Crippen LogP contribution in [0.3, 0.4) is 0 Å². The maximum atomic E-state index is 13.8. The van der Waals surface area contributed by atoms with Crippen molar-refractivity contribution in [3.05, 3.63) is 89.5 Å². The van der Waals surface area contributed by atoms with Crippen LogP contribution < -0.4 is 15.4 Å². The molecule has 1 fully saturated rings. The Bertz CT molecular complexity index is 1780. The molecule has 0 spiro atoms. The van der Waals surface area contributed by atoms with E-state index in [1.165, 1.54) is 42.0 Å². The van der Waals surface area contributed by atoms with Crippen LogP contribution in [-0.2, 0) is 16.1 Å². The fourth-order valence-corrected chi connectivity index (χ4v) is 6.90. The van der Waals surface area contributed by atoms with Crippen LogP contribution in [0.4, 0.5) is 5.69 Å². The Kier molecular flexibility index (Phi) is 9.24. The molecule has 1 saturated carbocycles. The van der Waals surface area contributed by atoms with E-state index in [1.807, 2.05) is 38.1 Å². The molecular weight excluding hydrogens is 578 g/mol. The molecule has 3 aromatic carbocycles. The van der Waals surface area contributed by atoms with Gasteiger partial charge in [0.25, 0.3) is 5.91 Å². The molecule has 0 saturated heterocycles. The number of hydrogen-bond acceptors (Lipinski definition) is 4. The third kappa shape index (κ3) is 6.71. The summed E-state index contributed by atoms with van der Waals surface area (Å²) in [6, 6.07) is 20.4. The number of nitrogens with one attached hydrogen (secondary N) is 2. The number of fused-ring (bicyclic) bond motifs is 5. The summed E-state index contributed by atoms with van der Waals surface area (Å²) in [6.45, 7) is 5.26. The molecule has 2 aliphatic rings. The zero-order valence-corrected chi connectivity index (χ0v) is 26.4. The van der Waals surface area contributed by atoms with Crippen molar-refractivity contribution in [2.24, 2.45) is 5.92 Å². The van der Waals surface area contributed by atoms with Gasteiger partial charge in [0.2, 0.25) is 5.91 Å². The summed E-state index contributed by atoms with van der Waals surface area (Å²) >= 11 is 0. The molecule has 2 heterocycles. The topological polar surface area (TPSA) is 110 Å². The second-order valence-corrected chi connectivity index (χ2v) is 12.8. The Hall–Kier alpha value is -4.85. The van der Waals surface area contributed by atoms with Crippen LogP contribution in [0.5, 0.6) is 5.75 Å². The molecule has 0 radical (unpaired) electrons. The van der Waals surface area contributed by atoms with Crippen molar-refractivity contribution in [3.8, 4) is 17.0 Å². The van der Waals surface area contributed by atoms with E-state index in [-0.39, 0.29) is 17.7 Å². The summed E-state index contributed by atoms with van der Waals surface area (Å²) in [4.78, 5) is 38.0. The number of anilines is 1. The molecule has 238 valence electrons. The van der Waals surface area contributed by atoms with Crippen LogP contribution >= 0.6 is 0 Å². The fourth-order valence-electron chi connectivity index (χ4n) is 6.90. The molecule has 1 aromatic heterocycles. The normalized spacial score (nSPS) is 15.5. The first-order valence-corrected chi connectivity index (χ1v) is 16.3. The summed E-state index contributed by atoms with van der Waals surface area (Å²) in [6.07, 6.45) is 9.06. The average molecular weight is 620 g/mol. The Morgan fingerprint density at radius 1 is 1.00 bits per heavy atom. The summed E-state index contributed by atoms with van der Waals surface area (Å²) in [5, 5.41) is 16.0. The van der Waals surface area contributed by atoms with Gasteiger partial charge >= 0.3 is 5.97 Å². The molecule has 1 atom stereocenters. The van der Waals surface area contributed by atoms with Crippen molar-refractivity contribution in [2.75, 3.05) is 11.9 Å². The van der Waals surface area contributed by atoms with Gasteiger partial charge in [-0.25, -0.2) is 4.79 Å². The molecular formula is C38H41N3O5. The van der Waals surface area contributed by atoms with Crippen molar-refractivity contribution in [1.82, 2.24) is 9.88 Å². The minimum atomic E-state index is -1.03. The van der Waals surface area contributed by atoms with Gasteiger partial charge in [-0.3, -0.25) is 9.59 Å². The number of carbonyl (C=O) groups excluding carboxylic acids is 2. The Labute approximate surface area is 269 Å². The van der Waals surface area contributed by atoms with Crippen molar-refractivity contribution in [2.45, 2.75) is 70.9 Å². The lowest BCUT2D eigenvalue weighted by Gasteiger charge is -2.23. The lowest BCUT2D eigenvalue weighted by molar-refractivity contribution is -0.131. The maximum Gasteiger partial charge on any atom is 0.328 e. The zero-order chi connectivity index (χ0) is 32.2. The van der Waals surface area contributed by atoms with Crippen LogP contribution in [-0.4, -0.2) is 40.1 Å². The number of carbonyl (C=O) groups is 3. The molecule has 2 amide bonds. The summed E-state index contributed by atoms with van der Waals surface area (Å²) in [5.41, 5.74) is 6.46. The Morgan fingerprint density at radius 3 is 2.50 bits per heavy atom. The number of aliphatic carboxylic acids is 1. The van der Waals surface area contributed by atoms with Gasteiger partial charge in [0.15, 0.2) is 0 Å². The number of para-hydroxylation sites is 1. The molecule has 8 heteroatoms. The van der Waals surface area contributed by atoms with Gasteiger partial charge < -0.3 is 25.0 Å². The van der Waals surface area contributed by atoms with Crippen molar-refractivity contribution in [3.63, 3.8) is 0 Å². The predicted molar refractivity (Wildman–Crippen MR) is 181 cm³/mol. The third-order valence-corrected chi connectivity index (χ3v) is 9.02. The first-order valence-electron chi connectivity index (χ1n) is 16.3. The van der Waals surface area contributed by atoms with Crippen LogP contribution in [0, 0.1) is 5.92 Å². The second kappa shape index (κ2) is 13.6. The average Bonchev–Trinajstić information content (AvgIpc) is 3.25. The first-order chi connectivity index (χ1) is 22.3. The second-order valence-electron chi connectivity index (χ2n) is 12.8. The fraction of sp³-hybridized carbons (Fsp3) is 0.342. The highest BCUT2D eigenvalue weighted by molar-refractivity contribution is 6.04. The van der Waals surface area contributed by atoms with Gasteiger partial charge in [-0.05, 0) is 84.7 Å². The SMILES string of the molecule is CC(C)CC(NC(=O)c1ccc2c(C3CCCCC3)c3n(c2c1)CCOc1ccccc1-3)C(=O)Nc1ccc(/C=C/C(=O)O)cc1. The van der Waals surface area contributed by atoms with Gasteiger partial charge in [0.05, 0.1) is 12.2 Å². The third-order valence-electron chi connectivity index (χ3n) is 9.02. The van der Waals surface area contributed by atoms with Crippen molar-refractivity contribution in [1.29, 1.82) is 0 Å². The Balaban J connectivity index is 1.29. The molecule has 1 unspecified atom stereocenters. The molecule has 8 nitrogen and oxygen atoms in total. The van der Waals surface area contributed by atoms with E-state index in [4.69, 9.17) is 9.84 Å². The van der Waals surface area contributed by atoms with E-state index in [0.717, 1.165) is 35.7 Å². The number of ether oxygens (including phenoxy) is 1. The number of carboxylic acids is 1. The highest BCUT2D eigenvalue weighted by atomic mass is 16.5. The zero-order valence-electron chi connectivity index (χ0n) is 26.4. The number of benzene rings is 3. The van der Waals surface area contributed by atoms with Gasteiger partial charge in [0, 0.05) is 33.8 Å². The van der Waals surface area contributed by atoms with E-state index >= 15 is 0 Å². The van der Waals surface area contributed by atoms with Crippen LogP contribution in [0.1, 0.15) is 79.8 Å². The van der Waals surface area contributed by atoms with Gasteiger partial charge in [-0.1, -0.05) is 63.4 Å². The molecule has 4 aromatic rings. The van der Waals surface area contributed by atoms with E-state index in [0.29, 0.717) is 42.3 Å². The minimum Gasteiger partial charge on any atom is -0.491 e. The molecule has 1 aliphatic carbocycles. The highest BCUT2D eigenvalue weighted by Crippen LogP contribution is 2.47. The number of nitrogens with zero attached hydrogens (tertiary/aromatic N) is 1. The number of hydrogen-bond donors (Lipinski definition) is 3. The highest BCUT2D eigenvalue weighted by Gasteiger charge is 2.30. The molecule has 3 N–H and O–H groups in total. The van der Waals surface area contributed by atoms with Crippen LogP contribution in [0.15, 0.2) is 72.8 Å². The van der Waals surface area contributed by atoms with Crippen molar-refractivity contribution < 1.29 is 24.2 Å². The van der Waals surface area contributed by atoms with E-state index < -0.39 is 12.0 Å². The smallest absolute Gasteiger partial charge is 0.328 e. The predicted octanol–water partition coefficient (Wildman–Crippen LogP) is 7.63. The summed E-state index contributed by atoms with van der Waals surface area (Å²) in [5.74, 6) is -0.104. The van der Waals surface area contributed by atoms with E-state index in [2.05, 4.69) is 33.4 Å². The number of carboxylic acid groups (broad SMARTS) is 1. The largest absolute Gasteiger partial charge is 0.491 e. The Morgan fingerprint density at radius 2 is 1.76 bits per heavy atom. The summed E-state index contributed by atoms with van der Waals surface area (Å²) < 4.78 is 8.51. The van der Waals surface area contributed by atoms with Crippen LogP contribution in [0.2, 0.25) is 0 Å². The molecule has 46 heavy (non-hydrogen) atoms. The molecule has 1 aliphatic heterocycles. The first kappa shape index (κ1) is 31.1. The maximum absolute atomic E-state index is 13.8. The quantitative estimate of drug-likeness (QED) is 0.167. The monoisotopic (exact) mass is 619 g/mol.